The Morgan fingerprint density at radius 1 is 1.57 bits per heavy atom. The average molecular weight is 215 g/mol. The number of hydrazone groups is 1. The van der Waals surface area contributed by atoms with Crippen LogP contribution in [0.25, 0.3) is 0 Å². The number of amides is 2. The minimum absolute atomic E-state index is 0.406. The first kappa shape index (κ1) is 11.4. The van der Waals surface area contributed by atoms with Crippen LogP contribution in [0.15, 0.2) is 5.10 Å². The third kappa shape index (κ3) is 2.90. The maximum absolute atomic E-state index is 10.5. The van der Waals surface area contributed by atoms with E-state index in [1.165, 1.54) is 0 Å². The van der Waals surface area contributed by atoms with Gasteiger partial charge in [-0.1, -0.05) is 20.8 Å². The summed E-state index contributed by atoms with van der Waals surface area (Å²) in [4.78, 5) is 10.5. The number of nitrogens with zero attached hydrogens (tertiary/aromatic N) is 1. The van der Waals surface area contributed by atoms with Crippen LogP contribution in [-0.2, 0) is 0 Å². The Balaban J connectivity index is 2.65. The third-order valence-electron chi connectivity index (χ3n) is 2.48. The van der Waals surface area contributed by atoms with Gasteiger partial charge >= 0.3 is 6.03 Å². The topological polar surface area (TPSA) is 67.5 Å². The van der Waals surface area contributed by atoms with Crippen LogP contribution < -0.4 is 11.2 Å². The van der Waals surface area contributed by atoms with Crippen molar-refractivity contribution in [3.8, 4) is 0 Å². The van der Waals surface area contributed by atoms with Crippen molar-refractivity contribution in [1.29, 1.82) is 0 Å². The maximum Gasteiger partial charge on any atom is 0.332 e. The van der Waals surface area contributed by atoms with E-state index in [-0.39, 0.29) is 0 Å². The molecule has 80 valence electrons. The largest absolute Gasteiger partial charge is 0.350 e. The normalized spacial score (nSPS) is 35.6. The van der Waals surface area contributed by atoms with E-state index in [4.69, 9.17) is 5.73 Å². The quantitative estimate of drug-likeness (QED) is 0.652. The predicted molar refractivity (Wildman–Crippen MR) is 60.5 cm³/mol. The summed E-state index contributed by atoms with van der Waals surface area (Å²) in [7, 11) is 0. The lowest BCUT2D eigenvalue weighted by Crippen LogP contribution is -2.34. The highest BCUT2D eigenvalue weighted by atomic mass is 32.2. The number of carbonyl (C=O) groups is 1. The molecule has 0 spiro atoms. The van der Waals surface area contributed by atoms with E-state index in [0.29, 0.717) is 16.4 Å². The molecule has 0 saturated carbocycles. The van der Waals surface area contributed by atoms with E-state index >= 15 is 0 Å². The van der Waals surface area contributed by atoms with Crippen LogP contribution in [-0.4, -0.2) is 22.2 Å². The monoisotopic (exact) mass is 215 g/mol. The lowest BCUT2D eigenvalue weighted by Gasteiger charge is -2.30. The minimum atomic E-state index is -0.594. The number of rotatable bonds is 1. The van der Waals surface area contributed by atoms with Gasteiger partial charge in [-0.3, -0.25) is 0 Å². The van der Waals surface area contributed by atoms with Gasteiger partial charge in [0.1, 0.15) is 0 Å². The van der Waals surface area contributed by atoms with E-state index in [9.17, 15) is 4.79 Å². The van der Waals surface area contributed by atoms with Gasteiger partial charge in [0.2, 0.25) is 0 Å². The van der Waals surface area contributed by atoms with Gasteiger partial charge < -0.3 is 5.73 Å². The third-order valence-corrected chi connectivity index (χ3v) is 3.95. The smallest absolute Gasteiger partial charge is 0.332 e. The van der Waals surface area contributed by atoms with Crippen molar-refractivity contribution in [1.82, 2.24) is 5.43 Å². The number of thioether (sulfide) groups is 1. The molecule has 14 heavy (non-hydrogen) atoms. The molecule has 1 heterocycles. The SMILES string of the molecule is C[C@@H]1C/C(=N\NC(N)=O)[C@H](C)[C@@H](C)S1. The first-order chi connectivity index (χ1) is 6.50. The highest BCUT2D eigenvalue weighted by Gasteiger charge is 2.27. The van der Waals surface area contributed by atoms with E-state index in [2.05, 4.69) is 31.3 Å². The predicted octanol–water partition coefficient (Wildman–Crippen LogP) is 1.56. The molecule has 1 fully saturated rings. The molecule has 0 aromatic carbocycles. The summed E-state index contributed by atoms with van der Waals surface area (Å²) in [6, 6.07) is -0.594. The van der Waals surface area contributed by atoms with Gasteiger partial charge in [0.15, 0.2) is 0 Å². The summed E-state index contributed by atoms with van der Waals surface area (Å²) in [5.74, 6) is 0.406. The van der Waals surface area contributed by atoms with Crippen LogP contribution >= 0.6 is 11.8 Å². The first-order valence-electron chi connectivity index (χ1n) is 4.78. The first-order valence-corrected chi connectivity index (χ1v) is 5.72. The van der Waals surface area contributed by atoms with Gasteiger partial charge in [0.25, 0.3) is 0 Å². The summed E-state index contributed by atoms with van der Waals surface area (Å²) in [5, 5.41) is 5.16. The van der Waals surface area contributed by atoms with Gasteiger partial charge in [0, 0.05) is 22.1 Å². The fourth-order valence-electron chi connectivity index (χ4n) is 1.56. The van der Waals surface area contributed by atoms with Crippen LogP contribution in [0.4, 0.5) is 4.79 Å². The van der Waals surface area contributed by atoms with E-state index in [1.54, 1.807) is 0 Å². The second-order valence-corrected chi connectivity index (χ2v) is 5.54. The average Bonchev–Trinajstić information content (AvgIpc) is 2.08. The molecular formula is C9H17N3OS. The molecule has 0 unspecified atom stereocenters. The zero-order valence-electron chi connectivity index (χ0n) is 8.78. The number of hydrogen-bond acceptors (Lipinski definition) is 3. The summed E-state index contributed by atoms with van der Waals surface area (Å²) >= 11 is 1.96. The molecule has 1 saturated heterocycles. The summed E-state index contributed by atoms with van der Waals surface area (Å²) in [6.45, 7) is 6.49. The lowest BCUT2D eigenvalue weighted by atomic mass is 9.98. The molecule has 0 aromatic heterocycles. The van der Waals surface area contributed by atoms with Gasteiger partial charge in [-0.05, 0) is 6.42 Å². The summed E-state index contributed by atoms with van der Waals surface area (Å²) < 4.78 is 0. The van der Waals surface area contributed by atoms with Crippen LogP contribution in [0.5, 0.6) is 0 Å². The number of hydrogen-bond donors (Lipinski definition) is 2. The molecule has 1 rings (SSSR count). The fraction of sp³-hybridized carbons (Fsp3) is 0.778. The Bertz CT molecular complexity index is 254. The number of urea groups is 1. The Morgan fingerprint density at radius 3 is 2.79 bits per heavy atom. The van der Waals surface area contributed by atoms with Crippen LogP contribution in [0.2, 0.25) is 0 Å². The molecule has 1 aliphatic heterocycles. The Kier molecular flexibility index (Phi) is 3.80. The van der Waals surface area contributed by atoms with Crippen molar-refractivity contribution in [2.75, 3.05) is 0 Å². The molecule has 0 aromatic rings. The molecule has 2 amide bonds. The highest BCUT2D eigenvalue weighted by molar-refractivity contribution is 8.00. The van der Waals surface area contributed by atoms with Crippen molar-refractivity contribution in [3.05, 3.63) is 0 Å². The molecule has 3 atom stereocenters. The van der Waals surface area contributed by atoms with Crippen LogP contribution in [0.1, 0.15) is 27.2 Å². The van der Waals surface area contributed by atoms with Crippen molar-refractivity contribution < 1.29 is 4.79 Å². The number of carbonyl (C=O) groups excluding carboxylic acids is 1. The molecular weight excluding hydrogens is 198 g/mol. The van der Waals surface area contributed by atoms with Crippen molar-refractivity contribution in [3.63, 3.8) is 0 Å². The molecule has 0 bridgehead atoms. The summed E-state index contributed by atoms with van der Waals surface area (Å²) in [5.41, 5.74) is 8.31. The molecule has 0 aliphatic carbocycles. The molecule has 4 nitrogen and oxygen atoms in total. The second-order valence-electron chi connectivity index (χ2n) is 3.72. The fourth-order valence-corrected chi connectivity index (χ4v) is 2.95. The standard InChI is InChI=1S/C9H17N3OS/c1-5-4-8(11-12-9(10)13)6(2)7(3)14-5/h5-7H,4H2,1-3H3,(H3,10,12,13)/b11-8+/t5-,6-,7-/m1/s1. The molecule has 1 aliphatic rings. The van der Waals surface area contributed by atoms with Gasteiger partial charge in [0.05, 0.1) is 0 Å². The van der Waals surface area contributed by atoms with Crippen LogP contribution in [0.3, 0.4) is 0 Å². The number of nitrogens with two attached hydrogens (primary N) is 1. The Labute approximate surface area is 88.7 Å². The highest BCUT2D eigenvalue weighted by Crippen LogP contribution is 2.33. The minimum Gasteiger partial charge on any atom is -0.350 e. The zero-order chi connectivity index (χ0) is 10.7. The van der Waals surface area contributed by atoms with Crippen molar-refractivity contribution >= 4 is 23.5 Å². The van der Waals surface area contributed by atoms with E-state index in [1.807, 2.05) is 11.8 Å². The van der Waals surface area contributed by atoms with Crippen molar-refractivity contribution in [2.24, 2.45) is 16.8 Å². The molecule has 3 N–H and O–H groups in total. The zero-order valence-corrected chi connectivity index (χ0v) is 9.60. The van der Waals surface area contributed by atoms with Gasteiger partial charge in [-0.2, -0.15) is 16.9 Å². The van der Waals surface area contributed by atoms with Gasteiger partial charge in [-0.25, -0.2) is 10.2 Å². The molecule has 0 radical (unpaired) electrons. The van der Waals surface area contributed by atoms with Crippen molar-refractivity contribution in [2.45, 2.75) is 37.7 Å². The maximum atomic E-state index is 10.5. The lowest BCUT2D eigenvalue weighted by molar-refractivity contribution is 0.249. The molecule has 5 heteroatoms. The number of nitrogens with one attached hydrogen (secondary N) is 1. The van der Waals surface area contributed by atoms with Crippen LogP contribution in [0, 0.1) is 5.92 Å². The second kappa shape index (κ2) is 4.68. The Morgan fingerprint density at radius 2 is 2.21 bits per heavy atom. The number of primary amides is 1. The van der Waals surface area contributed by atoms with E-state index < -0.39 is 6.03 Å². The summed E-state index contributed by atoms with van der Waals surface area (Å²) in [6.07, 6.45) is 0.927. The van der Waals surface area contributed by atoms with Gasteiger partial charge in [-0.15, -0.1) is 0 Å². The van der Waals surface area contributed by atoms with E-state index in [0.717, 1.165) is 12.1 Å². The Hall–Kier alpha value is -0.710.